The molecule has 0 radical (unpaired) electrons. The van der Waals surface area contributed by atoms with E-state index in [0.717, 1.165) is 6.92 Å². The van der Waals surface area contributed by atoms with E-state index in [-0.39, 0.29) is 6.42 Å². The van der Waals surface area contributed by atoms with Gasteiger partial charge in [-0.2, -0.15) is 0 Å². The standard InChI is InChI=1S/C20H35NO15/c1-6(25)21-18-14(30)13(29)16(11(5-24)32-18)35-20-15(31)17(12(28)10(4-23)34-20)36-19-8(27)2-7(26)9(3-22)33-19/h7-20,22-24,26-31H,2-5H2,1H3,(H,21,25)/t7-,8-,9-,10-,11-,12+,13-,14-,15-,16-,17+,18-,19-,20+/m1/s1. The minimum Gasteiger partial charge on any atom is -0.394 e. The van der Waals surface area contributed by atoms with E-state index in [9.17, 15) is 50.8 Å². The van der Waals surface area contributed by atoms with Gasteiger partial charge in [0.1, 0.15) is 61.0 Å². The van der Waals surface area contributed by atoms with Crippen molar-refractivity contribution >= 4 is 5.91 Å². The second kappa shape index (κ2) is 12.6. The van der Waals surface area contributed by atoms with Gasteiger partial charge in [-0.05, 0) is 0 Å². The van der Waals surface area contributed by atoms with Crippen LogP contribution in [0.3, 0.4) is 0 Å². The molecule has 0 saturated carbocycles. The van der Waals surface area contributed by atoms with E-state index in [1.54, 1.807) is 0 Å². The maximum absolute atomic E-state index is 11.3. The number of carbonyl (C=O) groups is 1. The summed E-state index contributed by atoms with van der Waals surface area (Å²) in [5.74, 6) is -0.573. The molecule has 0 aromatic rings. The number of aliphatic hydroxyl groups excluding tert-OH is 9. The van der Waals surface area contributed by atoms with E-state index in [1.807, 2.05) is 0 Å². The van der Waals surface area contributed by atoms with Crippen LogP contribution in [0.25, 0.3) is 0 Å². The Bertz CT molecular complexity index is 715. The Kier molecular flexibility index (Phi) is 10.3. The summed E-state index contributed by atoms with van der Waals surface area (Å²) >= 11 is 0. The molecule has 3 rings (SSSR count). The zero-order valence-corrected chi connectivity index (χ0v) is 19.4. The van der Waals surface area contributed by atoms with Crippen LogP contribution in [0.2, 0.25) is 0 Å². The summed E-state index contributed by atoms with van der Waals surface area (Å²) in [5.41, 5.74) is 0. The van der Waals surface area contributed by atoms with Crippen LogP contribution in [-0.4, -0.2) is 158 Å². The highest BCUT2D eigenvalue weighted by molar-refractivity contribution is 5.73. The first-order valence-corrected chi connectivity index (χ1v) is 11.5. The molecule has 0 aromatic carbocycles. The summed E-state index contributed by atoms with van der Waals surface area (Å²) in [6, 6.07) is 0. The van der Waals surface area contributed by atoms with Gasteiger partial charge >= 0.3 is 0 Å². The molecule has 3 aliphatic heterocycles. The lowest BCUT2D eigenvalue weighted by Crippen LogP contribution is -2.67. The van der Waals surface area contributed by atoms with Crippen molar-refractivity contribution in [3.63, 3.8) is 0 Å². The topological polar surface area (TPSA) is 257 Å². The van der Waals surface area contributed by atoms with Crippen molar-refractivity contribution in [1.82, 2.24) is 5.32 Å². The summed E-state index contributed by atoms with van der Waals surface area (Å²) in [6.07, 6.45) is -21.2. The second-order valence-corrected chi connectivity index (χ2v) is 8.96. The lowest BCUT2D eigenvalue weighted by molar-refractivity contribution is -0.368. The molecule has 0 spiro atoms. The molecule has 3 heterocycles. The summed E-state index contributed by atoms with van der Waals surface area (Å²) in [4.78, 5) is 11.3. The van der Waals surface area contributed by atoms with Gasteiger partial charge in [-0.25, -0.2) is 0 Å². The summed E-state index contributed by atoms with van der Waals surface area (Å²) in [6.45, 7) is -0.934. The van der Waals surface area contributed by atoms with Crippen molar-refractivity contribution in [2.24, 2.45) is 0 Å². The van der Waals surface area contributed by atoms with E-state index < -0.39 is 112 Å². The molecule has 3 fully saturated rings. The highest BCUT2D eigenvalue weighted by Crippen LogP contribution is 2.32. The van der Waals surface area contributed by atoms with E-state index in [1.165, 1.54) is 0 Å². The molecule has 14 atom stereocenters. The summed E-state index contributed by atoms with van der Waals surface area (Å²) in [7, 11) is 0. The predicted molar refractivity (Wildman–Crippen MR) is 111 cm³/mol. The SMILES string of the molecule is CC(=O)N[C@@H]1O[C@H](CO)[C@@H](O[C@@H]2O[C@H](CO)[C@H](O)[C@H](O[C@H]3O[C@H](CO)[C@H](O)C[C@H]3O)[C@H]2O)[C@H](O)[C@H]1O. The van der Waals surface area contributed by atoms with Gasteiger partial charge in [0.2, 0.25) is 5.91 Å². The van der Waals surface area contributed by atoms with E-state index in [4.69, 9.17) is 23.7 Å². The van der Waals surface area contributed by atoms with Crippen LogP contribution in [0, 0.1) is 0 Å². The fourth-order valence-corrected chi connectivity index (χ4v) is 4.36. The third-order valence-electron chi connectivity index (χ3n) is 6.33. The summed E-state index contributed by atoms with van der Waals surface area (Å²) < 4.78 is 27.3. The normalized spacial score (nSPS) is 47.9. The number of aliphatic hydroxyl groups is 9. The molecule has 3 aliphatic rings. The van der Waals surface area contributed by atoms with Gasteiger partial charge in [0.25, 0.3) is 0 Å². The first-order valence-electron chi connectivity index (χ1n) is 11.5. The number of hydrogen-bond donors (Lipinski definition) is 10. The lowest BCUT2D eigenvalue weighted by atomic mass is 9.96. The van der Waals surface area contributed by atoms with Gasteiger partial charge in [0.05, 0.1) is 25.9 Å². The Morgan fingerprint density at radius 3 is 1.89 bits per heavy atom. The Hall–Kier alpha value is -1.09. The van der Waals surface area contributed by atoms with E-state index >= 15 is 0 Å². The van der Waals surface area contributed by atoms with Crippen LogP contribution in [0.1, 0.15) is 13.3 Å². The first-order chi connectivity index (χ1) is 17.0. The molecular weight excluding hydrogens is 494 g/mol. The molecule has 0 aromatic heterocycles. The van der Waals surface area contributed by atoms with Crippen molar-refractivity contribution < 1.29 is 74.4 Å². The van der Waals surface area contributed by atoms with Gasteiger partial charge in [-0.15, -0.1) is 0 Å². The Balaban J connectivity index is 1.75. The highest BCUT2D eigenvalue weighted by Gasteiger charge is 2.52. The third-order valence-corrected chi connectivity index (χ3v) is 6.33. The van der Waals surface area contributed by atoms with Gasteiger partial charge in [-0.3, -0.25) is 4.79 Å². The molecule has 0 bridgehead atoms. The number of carbonyl (C=O) groups excluding carboxylic acids is 1. The van der Waals surface area contributed by atoms with Crippen molar-refractivity contribution in [1.29, 1.82) is 0 Å². The average molecular weight is 529 g/mol. The summed E-state index contributed by atoms with van der Waals surface area (Å²) in [5, 5.41) is 93.4. The smallest absolute Gasteiger partial charge is 0.218 e. The molecule has 16 nitrogen and oxygen atoms in total. The minimum absolute atomic E-state index is 0.230. The van der Waals surface area contributed by atoms with Crippen LogP contribution in [-0.2, 0) is 28.5 Å². The molecule has 0 aliphatic carbocycles. The first kappa shape index (κ1) is 29.5. The van der Waals surface area contributed by atoms with Crippen LogP contribution >= 0.6 is 0 Å². The molecule has 16 heteroatoms. The van der Waals surface area contributed by atoms with Crippen LogP contribution in [0.15, 0.2) is 0 Å². The minimum atomic E-state index is -1.82. The van der Waals surface area contributed by atoms with Crippen molar-refractivity contribution in [3.05, 3.63) is 0 Å². The van der Waals surface area contributed by atoms with Gasteiger partial charge < -0.3 is 75.0 Å². The van der Waals surface area contributed by atoms with E-state index in [0.29, 0.717) is 0 Å². The van der Waals surface area contributed by atoms with Crippen molar-refractivity contribution in [2.75, 3.05) is 19.8 Å². The number of hydrogen-bond acceptors (Lipinski definition) is 15. The number of rotatable bonds is 8. The number of nitrogens with one attached hydrogen (secondary N) is 1. The molecule has 3 saturated heterocycles. The van der Waals surface area contributed by atoms with Crippen LogP contribution in [0.4, 0.5) is 0 Å². The van der Waals surface area contributed by atoms with Crippen molar-refractivity contribution in [3.8, 4) is 0 Å². The zero-order chi connectivity index (χ0) is 26.7. The lowest BCUT2D eigenvalue weighted by Gasteiger charge is -2.47. The maximum atomic E-state index is 11.3. The highest BCUT2D eigenvalue weighted by atomic mass is 16.7. The van der Waals surface area contributed by atoms with Crippen molar-refractivity contribution in [2.45, 2.75) is 99.3 Å². The quantitative estimate of drug-likeness (QED) is 0.140. The number of ether oxygens (including phenoxy) is 5. The molecule has 1 amide bonds. The maximum Gasteiger partial charge on any atom is 0.218 e. The Morgan fingerprint density at radius 2 is 1.31 bits per heavy atom. The molecule has 36 heavy (non-hydrogen) atoms. The third kappa shape index (κ3) is 6.30. The fraction of sp³-hybridized carbons (Fsp3) is 0.950. The number of amides is 1. The Labute approximate surface area is 205 Å². The molecule has 0 unspecified atom stereocenters. The zero-order valence-electron chi connectivity index (χ0n) is 19.4. The average Bonchev–Trinajstić information content (AvgIpc) is 2.83. The molecular formula is C20H35NO15. The van der Waals surface area contributed by atoms with Crippen LogP contribution < -0.4 is 5.32 Å². The fourth-order valence-electron chi connectivity index (χ4n) is 4.36. The largest absolute Gasteiger partial charge is 0.394 e. The van der Waals surface area contributed by atoms with Gasteiger partial charge in [0.15, 0.2) is 18.8 Å². The Morgan fingerprint density at radius 1 is 0.722 bits per heavy atom. The second-order valence-electron chi connectivity index (χ2n) is 8.96. The monoisotopic (exact) mass is 529 g/mol. The van der Waals surface area contributed by atoms with E-state index in [2.05, 4.69) is 5.32 Å². The van der Waals surface area contributed by atoms with Gasteiger partial charge in [-0.1, -0.05) is 0 Å². The predicted octanol–water partition coefficient (Wildman–Crippen LogP) is -6.40. The van der Waals surface area contributed by atoms with Gasteiger partial charge in [0, 0.05) is 13.3 Å². The van der Waals surface area contributed by atoms with Crippen LogP contribution in [0.5, 0.6) is 0 Å². The molecule has 10 N–H and O–H groups in total. The molecule has 210 valence electrons.